The zero-order chi connectivity index (χ0) is 10.7. The summed E-state index contributed by atoms with van der Waals surface area (Å²) in [5.41, 5.74) is 1.32. The van der Waals surface area contributed by atoms with E-state index in [-0.39, 0.29) is 6.10 Å². The van der Waals surface area contributed by atoms with Crippen LogP contribution in [0.5, 0.6) is 0 Å². The highest BCUT2D eigenvalue weighted by Gasteiger charge is 2.09. The van der Waals surface area contributed by atoms with Crippen LogP contribution in [0.3, 0.4) is 0 Å². The number of hydrogen-bond acceptors (Lipinski definition) is 1. The van der Waals surface area contributed by atoms with Gasteiger partial charge in [0, 0.05) is 0 Å². The Bertz CT molecular complexity index is 444. The lowest BCUT2D eigenvalue weighted by molar-refractivity contribution is 0.224. The van der Waals surface area contributed by atoms with E-state index < -0.39 is 0 Å². The van der Waals surface area contributed by atoms with Crippen LogP contribution in [0.25, 0.3) is 10.8 Å². The van der Waals surface area contributed by atoms with Gasteiger partial charge >= 0.3 is 0 Å². The highest BCUT2D eigenvalue weighted by atomic mass is 28.2. The smallest absolute Gasteiger partial charge is 0.146 e. The van der Waals surface area contributed by atoms with E-state index in [1.807, 2.05) is 0 Å². The Labute approximate surface area is 93.6 Å². The number of hydrogen-bond donors (Lipinski definition) is 0. The van der Waals surface area contributed by atoms with Crippen LogP contribution in [0.4, 0.5) is 0 Å². The number of benzene rings is 2. The van der Waals surface area contributed by atoms with Gasteiger partial charge in [0.15, 0.2) is 0 Å². The molecule has 1 nitrogen and oxygen atoms in total. The summed E-state index contributed by atoms with van der Waals surface area (Å²) in [5.74, 6) is 0. The Kier molecular flexibility index (Phi) is 3.19. The van der Waals surface area contributed by atoms with Crippen molar-refractivity contribution >= 4 is 21.3 Å². The first-order chi connectivity index (χ1) is 7.36. The van der Waals surface area contributed by atoms with Crippen LogP contribution < -0.4 is 0 Å². The average Bonchev–Trinajstić information content (AvgIpc) is 2.31. The molecule has 2 rings (SSSR count). The third-order valence-electron chi connectivity index (χ3n) is 2.83. The van der Waals surface area contributed by atoms with Gasteiger partial charge in [-0.05, 0) is 22.8 Å². The van der Waals surface area contributed by atoms with E-state index in [4.69, 9.17) is 4.43 Å². The molecular formula is C13H16OSi. The largest absolute Gasteiger partial charge is 0.421 e. The van der Waals surface area contributed by atoms with E-state index in [0.29, 0.717) is 0 Å². The van der Waals surface area contributed by atoms with Gasteiger partial charge in [-0.2, -0.15) is 0 Å². The summed E-state index contributed by atoms with van der Waals surface area (Å²) < 4.78 is 5.63. The van der Waals surface area contributed by atoms with Gasteiger partial charge in [0.05, 0.1) is 6.10 Å². The molecule has 0 N–H and O–H groups in total. The Morgan fingerprint density at radius 2 is 1.87 bits per heavy atom. The maximum absolute atomic E-state index is 5.63. The van der Waals surface area contributed by atoms with Crippen molar-refractivity contribution in [1.82, 2.24) is 0 Å². The van der Waals surface area contributed by atoms with Crippen molar-refractivity contribution in [2.75, 3.05) is 0 Å². The minimum atomic E-state index is 0.266. The van der Waals surface area contributed by atoms with Gasteiger partial charge in [0.2, 0.25) is 0 Å². The molecule has 0 saturated heterocycles. The first-order valence-electron chi connectivity index (χ1n) is 5.37. The van der Waals surface area contributed by atoms with Gasteiger partial charge in [-0.3, -0.25) is 0 Å². The molecule has 0 aromatic heterocycles. The molecule has 15 heavy (non-hydrogen) atoms. The molecule has 1 unspecified atom stereocenters. The molecule has 0 amide bonds. The van der Waals surface area contributed by atoms with Crippen LogP contribution in [0, 0.1) is 0 Å². The van der Waals surface area contributed by atoms with Crippen molar-refractivity contribution in [1.29, 1.82) is 0 Å². The molecule has 2 aromatic rings. The summed E-state index contributed by atoms with van der Waals surface area (Å²) in [5, 5.41) is 2.62. The molecule has 0 aliphatic heterocycles. The van der Waals surface area contributed by atoms with Gasteiger partial charge in [0.25, 0.3) is 0 Å². The summed E-state index contributed by atoms with van der Waals surface area (Å²) in [4.78, 5) is 0. The van der Waals surface area contributed by atoms with Crippen LogP contribution in [-0.4, -0.2) is 10.5 Å². The van der Waals surface area contributed by atoms with Gasteiger partial charge in [-0.1, -0.05) is 49.4 Å². The first kappa shape index (κ1) is 10.4. The van der Waals surface area contributed by atoms with Gasteiger partial charge in [-0.15, -0.1) is 0 Å². The van der Waals surface area contributed by atoms with E-state index in [2.05, 4.69) is 49.4 Å². The summed E-state index contributed by atoms with van der Waals surface area (Å²) in [6, 6.07) is 14.9. The van der Waals surface area contributed by atoms with Crippen molar-refractivity contribution in [3.63, 3.8) is 0 Å². The van der Waals surface area contributed by atoms with Crippen molar-refractivity contribution in [2.24, 2.45) is 0 Å². The summed E-state index contributed by atoms with van der Waals surface area (Å²) in [6.45, 7) is 2.17. The molecule has 78 valence electrons. The predicted octanol–water partition coefficient (Wildman–Crippen LogP) is 2.59. The van der Waals surface area contributed by atoms with Crippen LogP contribution >= 0.6 is 0 Å². The van der Waals surface area contributed by atoms with Crippen molar-refractivity contribution in [2.45, 2.75) is 19.4 Å². The average molecular weight is 216 g/mol. The van der Waals surface area contributed by atoms with Crippen LogP contribution in [-0.2, 0) is 4.43 Å². The standard InChI is InChI=1S/C13H16OSi/c1-2-13(14-15)12-9-5-7-10-6-3-4-8-11(10)12/h3-9,13H,2H2,1,15H3. The van der Waals surface area contributed by atoms with Crippen LogP contribution in [0.2, 0.25) is 0 Å². The molecule has 2 aromatic carbocycles. The fourth-order valence-electron chi connectivity index (χ4n) is 2.04. The minimum Gasteiger partial charge on any atom is -0.421 e. The number of rotatable bonds is 3. The van der Waals surface area contributed by atoms with E-state index >= 15 is 0 Å². The molecule has 0 aliphatic carbocycles. The minimum absolute atomic E-state index is 0.266. The Morgan fingerprint density at radius 3 is 2.60 bits per heavy atom. The maximum Gasteiger partial charge on any atom is 0.146 e. The second-order valence-electron chi connectivity index (χ2n) is 3.70. The summed E-state index contributed by atoms with van der Waals surface area (Å²) in [7, 11) is 0.792. The zero-order valence-electron chi connectivity index (χ0n) is 9.23. The van der Waals surface area contributed by atoms with E-state index in [1.165, 1.54) is 16.3 Å². The van der Waals surface area contributed by atoms with Gasteiger partial charge in [-0.25, -0.2) is 0 Å². The fourth-order valence-corrected chi connectivity index (χ4v) is 2.63. The Balaban J connectivity index is 2.59. The fraction of sp³-hybridized carbons (Fsp3) is 0.231. The molecule has 0 spiro atoms. The maximum atomic E-state index is 5.63. The monoisotopic (exact) mass is 216 g/mol. The van der Waals surface area contributed by atoms with Gasteiger partial charge in [0.1, 0.15) is 10.5 Å². The lowest BCUT2D eigenvalue weighted by Crippen LogP contribution is -2.01. The van der Waals surface area contributed by atoms with Crippen LogP contribution in [0.15, 0.2) is 42.5 Å². The molecule has 0 fully saturated rings. The van der Waals surface area contributed by atoms with Crippen molar-refractivity contribution in [3.8, 4) is 0 Å². The van der Waals surface area contributed by atoms with Gasteiger partial charge < -0.3 is 4.43 Å². The SMILES string of the molecule is CCC(O[SiH3])c1cccc2ccccc12. The van der Waals surface area contributed by atoms with Crippen LogP contribution in [0.1, 0.15) is 25.0 Å². The molecule has 1 atom stereocenters. The summed E-state index contributed by atoms with van der Waals surface area (Å²) >= 11 is 0. The predicted molar refractivity (Wildman–Crippen MR) is 68.0 cm³/mol. The molecule has 0 radical (unpaired) electrons. The molecule has 0 bridgehead atoms. The molecule has 0 aliphatic rings. The lowest BCUT2D eigenvalue weighted by Gasteiger charge is -2.16. The normalized spacial score (nSPS) is 13.1. The third-order valence-corrected chi connectivity index (χ3v) is 3.39. The summed E-state index contributed by atoms with van der Waals surface area (Å²) in [6.07, 6.45) is 1.31. The first-order valence-corrected chi connectivity index (χ1v) is 6.19. The quantitative estimate of drug-likeness (QED) is 0.717. The molecule has 0 heterocycles. The third kappa shape index (κ3) is 1.96. The second kappa shape index (κ2) is 4.60. The Hall–Kier alpha value is -1.12. The lowest BCUT2D eigenvalue weighted by atomic mass is 9.99. The Morgan fingerprint density at radius 1 is 1.13 bits per heavy atom. The van der Waals surface area contributed by atoms with E-state index in [9.17, 15) is 0 Å². The number of fused-ring (bicyclic) bond motifs is 1. The highest BCUT2D eigenvalue weighted by molar-refractivity contribution is 5.98. The van der Waals surface area contributed by atoms with Crippen molar-refractivity contribution in [3.05, 3.63) is 48.0 Å². The van der Waals surface area contributed by atoms with E-state index in [1.54, 1.807) is 0 Å². The zero-order valence-corrected chi connectivity index (χ0v) is 11.2. The van der Waals surface area contributed by atoms with Crippen molar-refractivity contribution < 1.29 is 4.43 Å². The highest BCUT2D eigenvalue weighted by Crippen LogP contribution is 2.27. The van der Waals surface area contributed by atoms with E-state index in [0.717, 1.165) is 16.9 Å². The molecule has 2 heteroatoms. The molecular weight excluding hydrogens is 200 g/mol. The topological polar surface area (TPSA) is 9.23 Å². The second-order valence-corrected chi connectivity index (χ2v) is 4.17. The molecule has 0 saturated carbocycles.